The van der Waals surface area contributed by atoms with E-state index in [1.165, 1.54) is 22.5 Å². The van der Waals surface area contributed by atoms with E-state index in [1.807, 2.05) is 42.5 Å². The van der Waals surface area contributed by atoms with Crippen molar-refractivity contribution in [3.63, 3.8) is 0 Å². The number of pyridine rings is 1. The zero-order valence-electron chi connectivity index (χ0n) is 19.6. The molecule has 0 radical (unpaired) electrons. The van der Waals surface area contributed by atoms with Crippen LogP contribution in [0.1, 0.15) is 53.4 Å². The molecule has 1 aliphatic carbocycles. The molecular formula is C28H29N3O2S. The number of thiophene rings is 1. The molecule has 6 heteroatoms. The first-order chi connectivity index (χ1) is 16.5. The van der Waals surface area contributed by atoms with E-state index in [1.54, 1.807) is 4.90 Å². The maximum atomic E-state index is 13.7. The van der Waals surface area contributed by atoms with E-state index in [0.717, 1.165) is 58.9 Å². The number of carbonyl (C=O) groups is 2. The first kappa shape index (κ1) is 22.5. The molecule has 34 heavy (non-hydrogen) atoms. The summed E-state index contributed by atoms with van der Waals surface area (Å²) in [5.74, 6) is -0.283. The van der Waals surface area contributed by atoms with E-state index in [4.69, 9.17) is 4.98 Å². The third-order valence-electron chi connectivity index (χ3n) is 6.59. The second-order valence-corrected chi connectivity index (χ2v) is 10.2. The molecule has 2 aromatic carbocycles. The van der Waals surface area contributed by atoms with Crippen molar-refractivity contribution in [2.75, 3.05) is 11.4 Å². The van der Waals surface area contributed by atoms with Gasteiger partial charge in [0.2, 0.25) is 5.91 Å². The quantitative estimate of drug-likeness (QED) is 0.374. The summed E-state index contributed by atoms with van der Waals surface area (Å²) in [7, 11) is 0. The minimum absolute atomic E-state index is 0.00362. The first-order valence-electron chi connectivity index (χ1n) is 12.0. The van der Waals surface area contributed by atoms with E-state index in [-0.39, 0.29) is 24.4 Å². The van der Waals surface area contributed by atoms with Gasteiger partial charge >= 0.3 is 0 Å². The zero-order valence-corrected chi connectivity index (χ0v) is 20.5. The lowest BCUT2D eigenvalue weighted by Crippen LogP contribution is -2.43. The first-order valence-corrected chi connectivity index (χ1v) is 12.8. The number of amides is 2. The largest absolute Gasteiger partial charge is 0.352 e. The van der Waals surface area contributed by atoms with Gasteiger partial charge in [-0.25, -0.2) is 4.98 Å². The Kier molecular flexibility index (Phi) is 6.33. The van der Waals surface area contributed by atoms with Crippen molar-refractivity contribution in [1.29, 1.82) is 0 Å². The van der Waals surface area contributed by atoms with Gasteiger partial charge in [-0.15, -0.1) is 11.3 Å². The van der Waals surface area contributed by atoms with Crippen molar-refractivity contribution in [3.05, 3.63) is 70.6 Å². The van der Waals surface area contributed by atoms with E-state index in [0.29, 0.717) is 4.88 Å². The standard InChI is InChI=1S/C28H29N3O2S/c1-3-19-9-11-23(12-10-19)31(17-26(32)29-22-6-4-5-7-22)28(33)25-16-21-15-20-14-18(2)8-13-24(20)30-27(21)34-25/h8-16,22H,3-7,17H2,1-2H3,(H,29,32). The molecule has 2 aromatic heterocycles. The van der Waals surface area contributed by atoms with Gasteiger partial charge in [-0.1, -0.05) is 43.5 Å². The van der Waals surface area contributed by atoms with Gasteiger partial charge in [0.05, 0.1) is 10.4 Å². The summed E-state index contributed by atoms with van der Waals surface area (Å²) in [5.41, 5.74) is 4.02. The molecule has 0 atom stereocenters. The molecule has 0 aliphatic heterocycles. The van der Waals surface area contributed by atoms with Gasteiger partial charge in [-0.2, -0.15) is 0 Å². The van der Waals surface area contributed by atoms with Crippen LogP contribution in [0.15, 0.2) is 54.6 Å². The number of nitrogens with one attached hydrogen (secondary N) is 1. The van der Waals surface area contributed by atoms with Crippen molar-refractivity contribution in [2.24, 2.45) is 0 Å². The second-order valence-electron chi connectivity index (χ2n) is 9.15. The summed E-state index contributed by atoms with van der Waals surface area (Å²) in [6.07, 6.45) is 5.24. The molecule has 0 unspecified atom stereocenters. The maximum Gasteiger partial charge on any atom is 0.268 e. The van der Waals surface area contributed by atoms with E-state index in [9.17, 15) is 9.59 Å². The number of benzene rings is 2. The summed E-state index contributed by atoms with van der Waals surface area (Å²) >= 11 is 1.38. The van der Waals surface area contributed by atoms with E-state index >= 15 is 0 Å². The average Bonchev–Trinajstić information content (AvgIpc) is 3.50. The number of anilines is 1. The van der Waals surface area contributed by atoms with Crippen LogP contribution >= 0.6 is 11.3 Å². The maximum absolute atomic E-state index is 13.7. The third kappa shape index (κ3) is 4.68. The van der Waals surface area contributed by atoms with Gasteiger partial charge in [-0.05, 0) is 68.1 Å². The molecule has 1 aliphatic rings. The van der Waals surface area contributed by atoms with Gasteiger partial charge in [0, 0.05) is 22.5 Å². The molecule has 0 saturated heterocycles. The summed E-state index contributed by atoms with van der Waals surface area (Å²) in [6.45, 7) is 4.16. The Balaban J connectivity index is 1.47. The van der Waals surface area contributed by atoms with Crippen molar-refractivity contribution in [3.8, 4) is 0 Å². The number of aromatic nitrogens is 1. The molecule has 5 nitrogen and oxygen atoms in total. The fourth-order valence-electron chi connectivity index (χ4n) is 4.67. The fourth-order valence-corrected chi connectivity index (χ4v) is 5.64. The van der Waals surface area contributed by atoms with Crippen LogP contribution in [-0.4, -0.2) is 29.4 Å². The summed E-state index contributed by atoms with van der Waals surface area (Å²) < 4.78 is 0. The average molecular weight is 472 g/mol. The number of hydrogen-bond donors (Lipinski definition) is 1. The smallest absolute Gasteiger partial charge is 0.268 e. The van der Waals surface area contributed by atoms with Gasteiger partial charge in [0.1, 0.15) is 11.4 Å². The van der Waals surface area contributed by atoms with Gasteiger partial charge in [0.25, 0.3) is 5.91 Å². The van der Waals surface area contributed by atoms with Crippen LogP contribution < -0.4 is 10.2 Å². The predicted molar refractivity (Wildman–Crippen MR) is 140 cm³/mol. The van der Waals surface area contributed by atoms with Gasteiger partial charge < -0.3 is 5.32 Å². The highest BCUT2D eigenvalue weighted by atomic mass is 32.1. The lowest BCUT2D eigenvalue weighted by atomic mass is 10.1. The summed E-state index contributed by atoms with van der Waals surface area (Å²) in [6, 6.07) is 18.3. The minimum atomic E-state index is -0.172. The highest BCUT2D eigenvalue weighted by Crippen LogP contribution is 2.30. The molecule has 1 N–H and O–H groups in total. The molecular weight excluding hydrogens is 442 g/mol. The Morgan fingerprint density at radius 2 is 1.79 bits per heavy atom. The van der Waals surface area contributed by atoms with Crippen LogP contribution in [0.4, 0.5) is 5.69 Å². The van der Waals surface area contributed by atoms with Crippen molar-refractivity contribution in [1.82, 2.24) is 10.3 Å². The predicted octanol–water partition coefficient (Wildman–Crippen LogP) is 6.03. The van der Waals surface area contributed by atoms with E-state index < -0.39 is 0 Å². The Labute approximate surface area is 203 Å². The molecule has 5 rings (SSSR count). The second kappa shape index (κ2) is 9.55. The summed E-state index contributed by atoms with van der Waals surface area (Å²) in [5, 5.41) is 5.13. The number of hydrogen-bond acceptors (Lipinski definition) is 4. The normalized spacial score (nSPS) is 14.1. The van der Waals surface area contributed by atoms with Crippen LogP contribution in [0.5, 0.6) is 0 Å². The lowest BCUT2D eigenvalue weighted by Gasteiger charge is -2.23. The lowest BCUT2D eigenvalue weighted by molar-refractivity contribution is -0.120. The van der Waals surface area contributed by atoms with Crippen LogP contribution in [0.2, 0.25) is 0 Å². The van der Waals surface area contributed by atoms with Gasteiger partial charge in [0.15, 0.2) is 0 Å². The molecule has 2 heterocycles. The Morgan fingerprint density at radius 3 is 2.53 bits per heavy atom. The number of fused-ring (bicyclic) bond motifs is 2. The van der Waals surface area contributed by atoms with Crippen LogP contribution in [0, 0.1) is 6.92 Å². The number of nitrogens with zero attached hydrogens (tertiary/aromatic N) is 2. The summed E-state index contributed by atoms with van der Waals surface area (Å²) in [4.78, 5) is 34.4. The highest BCUT2D eigenvalue weighted by Gasteiger charge is 2.25. The van der Waals surface area contributed by atoms with Crippen molar-refractivity contribution < 1.29 is 9.59 Å². The molecule has 2 amide bonds. The van der Waals surface area contributed by atoms with Crippen LogP contribution in [-0.2, 0) is 11.2 Å². The van der Waals surface area contributed by atoms with Crippen LogP contribution in [0.25, 0.3) is 21.1 Å². The number of aryl methyl sites for hydroxylation is 2. The van der Waals surface area contributed by atoms with Crippen LogP contribution in [0.3, 0.4) is 0 Å². The van der Waals surface area contributed by atoms with Crippen molar-refractivity contribution in [2.45, 2.75) is 52.0 Å². The fraction of sp³-hybridized carbons (Fsp3) is 0.321. The van der Waals surface area contributed by atoms with Gasteiger partial charge in [-0.3, -0.25) is 14.5 Å². The number of rotatable bonds is 6. The monoisotopic (exact) mass is 471 g/mol. The Bertz CT molecular complexity index is 1350. The minimum Gasteiger partial charge on any atom is -0.352 e. The molecule has 0 bridgehead atoms. The molecule has 0 spiro atoms. The Hall–Kier alpha value is -3.25. The van der Waals surface area contributed by atoms with E-state index in [2.05, 4.69) is 31.3 Å². The molecule has 4 aromatic rings. The molecule has 1 fully saturated rings. The molecule has 1 saturated carbocycles. The number of carbonyl (C=O) groups excluding carboxylic acids is 2. The topological polar surface area (TPSA) is 62.3 Å². The van der Waals surface area contributed by atoms with Crippen molar-refractivity contribution >= 4 is 50.0 Å². The molecule has 174 valence electrons. The zero-order chi connectivity index (χ0) is 23.7. The Morgan fingerprint density at radius 1 is 1.03 bits per heavy atom. The highest BCUT2D eigenvalue weighted by molar-refractivity contribution is 7.20. The SMILES string of the molecule is CCc1ccc(N(CC(=O)NC2CCCC2)C(=O)c2cc3cc4cc(C)ccc4nc3s2)cc1. The third-order valence-corrected chi connectivity index (χ3v) is 7.62.